The highest BCUT2D eigenvalue weighted by atomic mass is 16.3. The average molecular weight is 232 g/mol. The lowest BCUT2D eigenvalue weighted by Crippen LogP contribution is -2.07. The van der Waals surface area contributed by atoms with Gasteiger partial charge in [0.25, 0.3) is 0 Å². The number of Topliss-reactive ketones (excluding diaryl/α,β-unsaturated/α-hetero) is 1. The third-order valence-corrected chi connectivity index (χ3v) is 2.89. The lowest BCUT2D eigenvalue weighted by Gasteiger charge is -2.07. The summed E-state index contributed by atoms with van der Waals surface area (Å²) in [6, 6.07) is 3.94. The van der Waals surface area contributed by atoms with Gasteiger partial charge in [0.2, 0.25) is 0 Å². The molecule has 0 saturated heterocycles. The molecule has 17 heavy (non-hydrogen) atoms. The molecular weight excluding hydrogens is 216 g/mol. The highest BCUT2D eigenvalue weighted by molar-refractivity contribution is 5.96. The molecule has 90 valence electrons. The Morgan fingerprint density at radius 3 is 3.00 bits per heavy atom. The third kappa shape index (κ3) is 2.64. The Labute approximate surface area is 100 Å². The van der Waals surface area contributed by atoms with Crippen molar-refractivity contribution >= 4 is 5.78 Å². The monoisotopic (exact) mass is 232 g/mol. The average Bonchev–Trinajstić information content (AvgIpc) is 2.98. The first-order chi connectivity index (χ1) is 8.20. The second-order valence-corrected chi connectivity index (χ2v) is 4.16. The second-order valence-electron chi connectivity index (χ2n) is 4.16. The molecule has 0 aliphatic carbocycles. The van der Waals surface area contributed by atoms with Gasteiger partial charge in [-0.15, -0.1) is 0 Å². The van der Waals surface area contributed by atoms with Crippen molar-refractivity contribution in [3.05, 3.63) is 42.1 Å². The smallest absolute Gasteiger partial charge is 0.172 e. The fraction of sp³-hybridized carbons (Fsp3) is 0.385. The zero-order valence-electron chi connectivity index (χ0n) is 10.1. The van der Waals surface area contributed by atoms with Crippen molar-refractivity contribution in [2.24, 2.45) is 0 Å². The molecule has 0 aromatic carbocycles. The van der Waals surface area contributed by atoms with E-state index in [2.05, 4.69) is 18.9 Å². The zero-order chi connectivity index (χ0) is 12.3. The summed E-state index contributed by atoms with van der Waals surface area (Å²) >= 11 is 0. The van der Waals surface area contributed by atoms with Crippen LogP contribution in [0.2, 0.25) is 0 Å². The van der Waals surface area contributed by atoms with Crippen molar-refractivity contribution in [1.82, 2.24) is 9.78 Å². The number of carbonyl (C=O) groups is 1. The number of nitrogens with zero attached hydrogens (tertiary/aromatic N) is 2. The van der Waals surface area contributed by atoms with Crippen molar-refractivity contribution in [3.8, 4) is 0 Å². The second kappa shape index (κ2) is 4.99. The molecule has 1 atom stereocenters. The van der Waals surface area contributed by atoms with Gasteiger partial charge in [0, 0.05) is 12.2 Å². The number of hydrogen-bond acceptors (Lipinski definition) is 3. The van der Waals surface area contributed by atoms with Crippen molar-refractivity contribution < 1.29 is 9.21 Å². The van der Waals surface area contributed by atoms with Gasteiger partial charge < -0.3 is 4.42 Å². The van der Waals surface area contributed by atoms with Gasteiger partial charge in [0.05, 0.1) is 23.9 Å². The van der Waals surface area contributed by atoms with Crippen molar-refractivity contribution in [2.45, 2.75) is 32.7 Å². The fourth-order valence-corrected chi connectivity index (χ4v) is 1.59. The molecule has 2 heterocycles. The molecule has 0 bridgehead atoms. The fourth-order valence-electron chi connectivity index (χ4n) is 1.59. The normalized spacial score (nSPS) is 12.6. The Bertz CT molecular complexity index is 485. The molecule has 2 aromatic rings. The van der Waals surface area contributed by atoms with E-state index >= 15 is 0 Å². The number of rotatable bonds is 5. The molecule has 4 heteroatoms. The first-order valence-corrected chi connectivity index (χ1v) is 5.80. The molecule has 1 unspecified atom stereocenters. The van der Waals surface area contributed by atoms with Crippen molar-refractivity contribution in [3.63, 3.8) is 0 Å². The number of ketones is 1. The van der Waals surface area contributed by atoms with Gasteiger partial charge in [-0.05, 0) is 25.5 Å². The largest absolute Gasteiger partial charge is 0.472 e. The quantitative estimate of drug-likeness (QED) is 0.745. The minimum Gasteiger partial charge on any atom is -0.472 e. The minimum atomic E-state index is 0.0353. The molecule has 0 spiro atoms. The molecule has 0 amide bonds. The SMILES string of the molecule is CCC(C)n1ccc(CC(=O)c2ccoc2)n1. The molecule has 0 radical (unpaired) electrons. The Kier molecular flexibility index (Phi) is 3.42. The van der Waals surface area contributed by atoms with Crippen LogP contribution in [0, 0.1) is 0 Å². The maximum Gasteiger partial charge on any atom is 0.172 e. The van der Waals surface area contributed by atoms with Crippen LogP contribution >= 0.6 is 0 Å². The van der Waals surface area contributed by atoms with Crippen LogP contribution < -0.4 is 0 Å². The van der Waals surface area contributed by atoms with E-state index in [1.54, 1.807) is 6.07 Å². The molecule has 2 rings (SSSR count). The number of furan rings is 1. The van der Waals surface area contributed by atoms with Gasteiger partial charge in [-0.25, -0.2) is 0 Å². The van der Waals surface area contributed by atoms with E-state index in [4.69, 9.17) is 4.42 Å². The zero-order valence-corrected chi connectivity index (χ0v) is 10.1. The van der Waals surface area contributed by atoms with Crippen LogP contribution in [0.1, 0.15) is 42.4 Å². The molecule has 4 nitrogen and oxygen atoms in total. The Morgan fingerprint density at radius 1 is 1.53 bits per heavy atom. The predicted molar refractivity (Wildman–Crippen MR) is 64.0 cm³/mol. The van der Waals surface area contributed by atoms with Gasteiger partial charge in [-0.2, -0.15) is 5.10 Å². The Balaban J connectivity index is 2.04. The maximum absolute atomic E-state index is 11.8. The van der Waals surface area contributed by atoms with Gasteiger partial charge >= 0.3 is 0 Å². The summed E-state index contributed by atoms with van der Waals surface area (Å²) in [5.74, 6) is 0.0353. The highest BCUT2D eigenvalue weighted by Crippen LogP contribution is 2.11. The molecule has 0 saturated carbocycles. The maximum atomic E-state index is 11.8. The van der Waals surface area contributed by atoms with E-state index in [1.807, 2.05) is 16.9 Å². The Morgan fingerprint density at radius 2 is 2.35 bits per heavy atom. The van der Waals surface area contributed by atoms with Gasteiger partial charge in [0.1, 0.15) is 6.26 Å². The number of carbonyl (C=O) groups excluding carboxylic acids is 1. The lowest BCUT2D eigenvalue weighted by molar-refractivity contribution is 0.0991. The first kappa shape index (κ1) is 11.6. The first-order valence-electron chi connectivity index (χ1n) is 5.80. The van der Waals surface area contributed by atoms with Crippen LogP contribution in [0.4, 0.5) is 0 Å². The topological polar surface area (TPSA) is 48.0 Å². The van der Waals surface area contributed by atoms with Crippen molar-refractivity contribution in [1.29, 1.82) is 0 Å². The summed E-state index contributed by atoms with van der Waals surface area (Å²) in [5.41, 5.74) is 1.40. The third-order valence-electron chi connectivity index (χ3n) is 2.89. The molecule has 0 aliphatic heterocycles. The summed E-state index contributed by atoms with van der Waals surface area (Å²) in [6.45, 7) is 4.22. The Hall–Kier alpha value is -1.84. The highest BCUT2D eigenvalue weighted by Gasteiger charge is 2.11. The summed E-state index contributed by atoms with van der Waals surface area (Å²) in [7, 11) is 0. The summed E-state index contributed by atoms with van der Waals surface area (Å²) in [4.78, 5) is 11.8. The van der Waals surface area contributed by atoms with Crippen LogP contribution in [0.3, 0.4) is 0 Å². The van der Waals surface area contributed by atoms with Gasteiger partial charge in [-0.1, -0.05) is 6.92 Å². The molecule has 0 N–H and O–H groups in total. The number of aromatic nitrogens is 2. The summed E-state index contributed by atoms with van der Waals surface area (Å²) in [6.07, 6.45) is 6.24. The van der Waals surface area contributed by atoms with Crippen LogP contribution in [0.5, 0.6) is 0 Å². The molecular formula is C13H16N2O2. The van der Waals surface area contributed by atoms with E-state index in [-0.39, 0.29) is 5.78 Å². The van der Waals surface area contributed by atoms with Gasteiger partial charge in [0.15, 0.2) is 5.78 Å². The summed E-state index contributed by atoms with van der Waals surface area (Å²) in [5, 5.41) is 4.40. The van der Waals surface area contributed by atoms with Crippen LogP contribution in [0.15, 0.2) is 35.3 Å². The predicted octanol–water partition coefficient (Wildman–Crippen LogP) is 2.87. The van der Waals surface area contributed by atoms with Crippen LogP contribution in [0.25, 0.3) is 0 Å². The van der Waals surface area contributed by atoms with E-state index in [1.165, 1.54) is 12.5 Å². The standard InChI is InChI=1S/C13H16N2O2/c1-3-10(2)15-6-4-12(14-15)8-13(16)11-5-7-17-9-11/h4-7,9-10H,3,8H2,1-2H3. The van der Waals surface area contributed by atoms with Gasteiger partial charge in [-0.3, -0.25) is 9.48 Å². The van der Waals surface area contributed by atoms with E-state index in [0.717, 1.165) is 12.1 Å². The van der Waals surface area contributed by atoms with Crippen LogP contribution in [-0.2, 0) is 6.42 Å². The molecule has 0 fully saturated rings. The minimum absolute atomic E-state index is 0.0353. The number of hydrogen-bond donors (Lipinski definition) is 0. The molecule has 2 aromatic heterocycles. The lowest BCUT2D eigenvalue weighted by atomic mass is 10.1. The molecule has 0 aliphatic rings. The van der Waals surface area contributed by atoms with Crippen LogP contribution in [-0.4, -0.2) is 15.6 Å². The van der Waals surface area contributed by atoms with E-state index in [0.29, 0.717) is 18.0 Å². The van der Waals surface area contributed by atoms with E-state index in [9.17, 15) is 4.79 Å². The summed E-state index contributed by atoms with van der Waals surface area (Å²) < 4.78 is 6.79. The van der Waals surface area contributed by atoms with E-state index < -0.39 is 0 Å². The van der Waals surface area contributed by atoms with Crippen molar-refractivity contribution in [2.75, 3.05) is 0 Å².